The van der Waals surface area contributed by atoms with Crippen molar-refractivity contribution in [3.63, 3.8) is 0 Å². The van der Waals surface area contributed by atoms with Crippen molar-refractivity contribution >= 4 is 43.8 Å². The maximum Gasteiger partial charge on any atom is 1.00 e. The molecule has 0 aromatic heterocycles. The van der Waals surface area contributed by atoms with Crippen molar-refractivity contribution in [2.24, 2.45) is 17.6 Å². The number of halogens is 1. The molecule has 3 aliphatic rings. The normalized spacial score (nSPS) is 11.7. The molecule has 400 valence electrons. The average Bonchev–Trinajstić information content (AvgIpc) is 4.11. The van der Waals surface area contributed by atoms with Crippen molar-refractivity contribution in [3.05, 3.63) is 65.2 Å². The van der Waals surface area contributed by atoms with E-state index in [0.29, 0.717) is 81.1 Å². The molecule has 0 bridgehead atoms. The van der Waals surface area contributed by atoms with E-state index < -0.39 is 19.5 Å². The van der Waals surface area contributed by atoms with Crippen LogP contribution in [0.3, 0.4) is 0 Å². The smallest absolute Gasteiger partial charge is 1.00 e. The van der Waals surface area contributed by atoms with E-state index in [-0.39, 0.29) is 108 Å². The van der Waals surface area contributed by atoms with E-state index in [1.54, 1.807) is 64.3 Å². The minimum Gasteiger partial charge on any atom is -1.00 e. The largest absolute Gasteiger partial charge is 1.00 e. The van der Waals surface area contributed by atoms with Gasteiger partial charge in [-0.15, -0.1) is 0 Å². The summed E-state index contributed by atoms with van der Waals surface area (Å²) in [4.78, 5) is 43.7. The molecule has 0 saturated carbocycles. The summed E-state index contributed by atoms with van der Waals surface area (Å²) in [5.74, 6) is 4.95. The quantitative estimate of drug-likeness (QED) is 0.0436. The van der Waals surface area contributed by atoms with Crippen molar-refractivity contribution in [1.82, 2.24) is 0 Å². The van der Waals surface area contributed by atoms with Gasteiger partial charge in [0.1, 0.15) is 12.4 Å². The number of hydrogen-bond donors (Lipinski definition) is 2. The van der Waals surface area contributed by atoms with Crippen molar-refractivity contribution in [3.8, 4) is 51.7 Å². The predicted octanol–water partition coefficient (Wildman–Crippen LogP) is 3.08. The molecule has 3 aliphatic heterocycles. The molecule has 6 rings (SSSR count). The van der Waals surface area contributed by atoms with E-state index in [1.165, 1.54) is 20.3 Å². The Kier molecular flexibility index (Phi) is 38.2. The number of ketones is 1. The van der Waals surface area contributed by atoms with Crippen LogP contribution in [0.2, 0.25) is 0 Å². The van der Waals surface area contributed by atoms with Gasteiger partial charge in [0.25, 0.3) is 0 Å². The van der Waals surface area contributed by atoms with Gasteiger partial charge in [-0.1, -0.05) is 41.2 Å². The number of fused-ring (bicyclic) bond motifs is 3. The summed E-state index contributed by atoms with van der Waals surface area (Å²) < 4.78 is 73.0. The second-order valence-corrected chi connectivity index (χ2v) is 17.0. The molecule has 4 N–H and O–H groups in total. The monoisotopic (exact) mass is 1140 g/mol. The summed E-state index contributed by atoms with van der Waals surface area (Å²) in [6.07, 6.45) is 7.83. The number of ether oxygens (including phenoxy) is 10. The van der Waals surface area contributed by atoms with Crippen LogP contribution in [0.4, 0.5) is 0 Å². The number of carbonyl (C=O) groups is 4. The van der Waals surface area contributed by atoms with Crippen LogP contribution in [0.1, 0.15) is 90.2 Å². The van der Waals surface area contributed by atoms with Gasteiger partial charge >= 0.3 is 38.4 Å². The van der Waals surface area contributed by atoms with Crippen LogP contribution in [0.5, 0.6) is 51.7 Å². The number of carboxylic acid groups (broad SMARTS) is 1. The molecule has 0 spiro atoms. The van der Waals surface area contributed by atoms with E-state index in [4.69, 9.17) is 62.5 Å². The zero-order valence-electron chi connectivity index (χ0n) is 42.3. The molecule has 0 radical (unpaired) electrons. The Morgan fingerprint density at radius 3 is 1.40 bits per heavy atom. The van der Waals surface area contributed by atoms with Crippen molar-refractivity contribution in [2.45, 2.75) is 68.7 Å². The molecule has 23 heteroatoms. The molecule has 3 aromatic carbocycles. The van der Waals surface area contributed by atoms with Gasteiger partial charge in [-0.3, -0.25) is 18.9 Å². The Morgan fingerprint density at radius 2 is 1.07 bits per heavy atom. The number of aliphatic carboxylic acids is 1. The predicted molar refractivity (Wildman–Crippen MR) is 262 cm³/mol. The van der Waals surface area contributed by atoms with Gasteiger partial charge in [-0.25, -0.2) is 4.79 Å². The Balaban J connectivity index is -0.000000848. The van der Waals surface area contributed by atoms with Gasteiger partial charge in [-0.05, 0) is 105 Å². The molecule has 0 amide bonds. The molecule has 72 heavy (non-hydrogen) atoms. The molecule has 0 fully saturated rings. The number of allylic oxidation sites excluding steroid dienone is 1. The minimum atomic E-state index is -3.28. The average molecular weight is 1140 g/mol. The third-order valence-corrected chi connectivity index (χ3v) is 10.7. The minimum absolute atomic E-state index is 0. The van der Waals surface area contributed by atoms with Crippen LogP contribution < -0.4 is 91.2 Å². The Labute approximate surface area is 452 Å². The van der Waals surface area contributed by atoms with Crippen molar-refractivity contribution in [1.29, 1.82) is 0 Å². The maximum atomic E-state index is 11.8. The van der Waals surface area contributed by atoms with Crippen LogP contribution in [-0.2, 0) is 32.7 Å². The second kappa shape index (κ2) is 38.6. The van der Waals surface area contributed by atoms with E-state index in [9.17, 15) is 23.7 Å². The zero-order valence-corrected chi connectivity index (χ0v) is 45.4. The number of hydrogen-bond acceptors (Lipinski definition) is 19. The molecule has 0 atom stereocenters. The standard InChI is InChI=1S/C16H20O4.C11H10O5.C9H8O4.C8H17O5P.C4H11N.CH4.HI.Li.H2O/c1-11(2)4-6-13(17)7-5-12-8-14(18-3)16-15(9-12)19-10-20-16;1-14-8-4-7(2-3-10(12)13)5-9-11(8)16-6-15-9;1-11-7-2-6(4-10)3-8-9(7)13-5-12-8;1-4-11-8(9)7-14(10,12-5-2)13-6-3;1-4(2)3-5;;;;/h5,7-9,11H,4,6,10H2,1-3H3;2-5H,6H2,1H3,(H,12,13);2-4H,5H2,1H3;4-7H2,1-3H3;4H,3,5H2,1-2H3;1H4;1H;;1H2/q;;;;;;;+1;/p-2/b7-5+;3-2+;;;;;;;. The molecule has 0 aliphatic carbocycles. The molecule has 3 aromatic rings. The van der Waals surface area contributed by atoms with Crippen LogP contribution in [0.25, 0.3) is 12.2 Å². The first-order valence-electron chi connectivity index (χ1n) is 21.7. The van der Waals surface area contributed by atoms with Crippen LogP contribution in [0.15, 0.2) is 48.6 Å². The summed E-state index contributed by atoms with van der Waals surface area (Å²) >= 11 is 0. The number of carbonyl (C=O) groups excluding carboxylic acids is 3. The number of esters is 1. The van der Waals surface area contributed by atoms with Gasteiger partial charge < -0.3 is 96.7 Å². The van der Waals surface area contributed by atoms with E-state index in [2.05, 4.69) is 32.4 Å². The fourth-order valence-corrected chi connectivity index (χ4v) is 6.92. The SMILES string of the molecule is C.CC(C)CN.CCOC(=O)CP(=O)(OCC)OCC.COc1cc(/C=C/C(=O)CCC(C)C)cc2c1OCO2.COc1cc(/C=C/C(=O)O)cc2c1OCO2.COc1cc(C=O)cc2c1OCO2.[I-].[Li+].[OH-]. The second-order valence-electron chi connectivity index (χ2n) is 14.9. The number of methoxy groups -OCH3 is 3. The summed E-state index contributed by atoms with van der Waals surface area (Å²) in [5, 5.41) is 8.52. The first-order valence-corrected chi connectivity index (χ1v) is 23.5. The van der Waals surface area contributed by atoms with Gasteiger partial charge in [0, 0.05) is 18.1 Å². The summed E-state index contributed by atoms with van der Waals surface area (Å²) in [6.45, 7) is 15.6. The molecule has 20 nitrogen and oxygen atoms in total. The topological polar surface area (TPSA) is 272 Å². The molecular formula is C49H71ILiNO19P-. The van der Waals surface area contributed by atoms with Crippen LogP contribution in [-0.4, -0.2) is 109 Å². The summed E-state index contributed by atoms with van der Waals surface area (Å²) in [7, 11) is 1.34. The van der Waals surface area contributed by atoms with Crippen LogP contribution in [0, 0.1) is 11.8 Å². The van der Waals surface area contributed by atoms with Gasteiger partial charge in [0.05, 0.1) is 41.2 Å². The van der Waals surface area contributed by atoms with Crippen LogP contribution >= 0.6 is 7.60 Å². The molecular weight excluding hydrogens is 1070 g/mol. The van der Waals surface area contributed by atoms with Gasteiger partial charge in [0.15, 0.2) is 40.3 Å². The number of aldehydes is 1. The zero-order chi connectivity index (χ0) is 50.6. The number of rotatable bonds is 19. The van der Waals surface area contributed by atoms with E-state index >= 15 is 0 Å². The first kappa shape index (κ1) is 71.3. The third-order valence-electron chi connectivity index (χ3n) is 8.78. The third kappa shape index (κ3) is 25.6. The van der Waals surface area contributed by atoms with Crippen molar-refractivity contribution < 1.29 is 134 Å². The number of nitrogens with two attached hydrogens (primary N) is 1. The number of carboxylic acids is 1. The molecule has 0 unspecified atom stereocenters. The Morgan fingerprint density at radius 1 is 0.681 bits per heavy atom. The fraction of sp³-hybridized carbons (Fsp3) is 0.469. The molecule has 0 saturated heterocycles. The first-order chi connectivity index (χ1) is 32.5. The Bertz CT molecular complexity index is 2200. The Hall–Kier alpha value is -4.98. The van der Waals surface area contributed by atoms with Gasteiger partial charge in [-0.2, -0.15) is 0 Å². The van der Waals surface area contributed by atoms with Crippen molar-refractivity contribution in [2.75, 3.05) is 74.2 Å². The van der Waals surface area contributed by atoms with E-state index in [0.717, 1.165) is 30.9 Å². The number of benzene rings is 3. The molecule has 3 heterocycles. The summed E-state index contributed by atoms with van der Waals surface area (Å²) in [6, 6.07) is 10.3. The van der Waals surface area contributed by atoms with E-state index in [1.807, 2.05) is 12.1 Å². The van der Waals surface area contributed by atoms with Gasteiger partial charge in [0.2, 0.25) is 37.6 Å². The summed E-state index contributed by atoms with van der Waals surface area (Å²) in [5.41, 5.74) is 7.23. The maximum absolute atomic E-state index is 11.8. The fourth-order valence-electron chi connectivity index (χ4n) is 5.47.